The van der Waals surface area contributed by atoms with Gasteiger partial charge >= 0.3 is 5.97 Å². The highest BCUT2D eigenvalue weighted by Gasteiger charge is 2.47. The average Bonchev–Trinajstić information content (AvgIpc) is 2.55. The molecule has 0 heterocycles. The van der Waals surface area contributed by atoms with Gasteiger partial charge in [0.25, 0.3) is 0 Å². The van der Waals surface area contributed by atoms with Crippen LogP contribution in [0.5, 0.6) is 0 Å². The minimum atomic E-state index is -0.124. The van der Waals surface area contributed by atoms with Gasteiger partial charge in [0.15, 0.2) is 0 Å². The topological polar surface area (TPSA) is 26.3 Å². The number of hydrogen-bond acceptors (Lipinski definition) is 2. The zero-order valence-electron chi connectivity index (χ0n) is 14.2. The van der Waals surface area contributed by atoms with E-state index >= 15 is 0 Å². The Labute approximate surface area is 131 Å². The van der Waals surface area contributed by atoms with Gasteiger partial charge in [0, 0.05) is 0 Å². The monoisotopic (exact) mass is 294 g/mol. The summed E-state index contributed by atoms with van der Waals surface area (Å²) in [4.78, 5) is 12.5. The van der Waals surface area contributed by atoms with Crippen LogP contribution >= 0.6 is 0 Å². The van der Waals surface area contributed by atoms with Crippen LogP contribution in [0, 0.1) is 17.3 Å². The Morgan fingerprint density at radius 2 is 1.71 bits per heavy atom. The molecule has 21 heavy (non-hydrogen) atoms. The van der Waals surface area contributed by atoms with Gasteiger partial charge in [-0.1, -0.05) is 64.7 Å². The molecule has 2 nitrogen and oxygen atoms in total. The van der Waals surface area contributed by atoms with Gasteiger partial charge in [-0.05, 0) is 37.5 Å². The van der Waals surface area contributed by atoms with Crippen molar-refractivity contribution in [2.75, 3.05) is 7.11 Å². The molecular weight excluding hydrogens is 260 g/mol. The van der Waals surface area contributed by atoms with Gasteiger partial charge < -0.3 is 4.74 Å². The minimum absolute atomic E-state index is 0.0941. The largest absolute Gasteiger partial charge is 0.469 e. The molecule has 0 atom stereocenters. The lowest BCUT2D eigenvalue weighted by atomic mass is 9.60. The van der Waals surface area contributed by atoms with Crippen molar-refractivity contribution < 1.29 is 9.53 Å². The summed E-state index contributed by atoms with van der Waals surface area (Å²) in [6, 6.07) is 0. The van der Waals surface area contributed by atoms with Crippen molar-refractivity contribution in [3.05, 3.63) is 0 Å². The number of methoxy groups -OCH3 is 1. The van der Waals surface area contributed by atoms with Crippen molar-refractivity contribution in [1.82, 2.24) is 0 Å². The molecule has 0 spiro atoms. The smallest absolute Gasteiger partial charge is 0.312 e. The summed E-state index contributed by atoms with van der Waals surface area (Å²) in [5.41, 5.74) is -0.124. The lowest BCUT2D eigenvalue weighted by Gasteiger charge is -2.44. The fraction of sp³-hybridized carbons (Fsp3) is 0.947. The lowest BCUT2D eigenvalue weighted by Crippen LogP contribution is -2.43. The Morgan fingerprint density at radius 1 is 1.05 bits per heavy atom. The Hall–Kier alpha value is -0.530. The van der Waals surface area contributed by atoms with Crippen LogP contribution in [-0.2, 0) is 9.53 Å². The number of rotatable bonds is 6. The number of unbranched alkanes of at least 4 members (excludes halogenated alkanes) is 2. The molecular formula is C19H34O2. The molecule has 0 aromatic carbocycles. The predicted molar refractivity (Wildman–Crippen MR) is 87.1 cm³/mol. The maximum absolute atomic E-state index is 12.5. The lowest BCUT2D eigenvalue weighted by molar-refractivity contribution is -0.160. The van der Waals surface area contributed by atoms with Crippen LogP contribution < -0.4 is 0 Å². The van der Waals surface area contributed by atoms with Crippen molar-refractivity contribution in [3.63, 3.8) is 0 Å². The van der Waals surface area contributed by atoms with Crippen molar-refractivity contribution in [3.8, 4) is 0 Å². The van der Waals surface area contributed by atoms with Crippen LogP contribution in [0.4, 0.5) is 0 Å². The Balaban J connectivity index is 1.90. The van der Waals surface area contributed by atoms with Crippen LogP contribution in [0.1, 0.15) is 90.4 Å². The standard InChI is InChI=1S/C19H34O2/c1-3-4-6-9-16-10-12-17(13-11-16)19(18(20)21-2)14-7-5-8-15-19/h16-17H,3-15H2,1-2H3. The Bertz CT molecular complexity index is 310. The number of hydrogen-bond donors (Lipinski definition) is 0. The van der Waals surface area contributed by atoms with Crippen molar-refractivity contribution in [2.45, 2.75) is 90.4 Å². The second-order valence-electron chi connectivity index (χ2n) is 7.42. The maximum atomic E-state index is 12.5. The molecule has 0 amide bonds. The van der Waals surface area contributed by atoms with E-state index in [9.17, 15) is 4.79 Å². The van der Waals surface area contributed by atoms with Crippen LogP contribution in [0.2, 0.25) is 0 Å². The van der Waals surface area contributed by atoms with Gasteiger partial charge in [0.1, 0.15) is 0 Å². The van der Waals surface area contributed by atoms with E-state index in [0.717, 1.165) is 18.8 Å². The zero-order valence-corrected chi connectivity index (χ0v) is 14.2. The molecule has 0 aromatic rings. The summed E-state index contributed by atoms with van der Waals surface area (Å²) < 4.78 is 5.21. The number of esters is 1. The predicted octanol–water partition coefficient (Wildman–Crippen LogP) is 5.50. The highest BCUT2D eigenvalue weighted by molar-refractivity contribution is 5.77. The second kappa shape index (κ2) is 8.19. The van der Waals surface area contributed by atoms with Crippen molar-refractivity contribution >= 4 is 5.97 Å². The van der Waals surface area contributed by atoms with Crippen LogP contribution in [0.15, 0.2) is 0 Å². The third kappa shape index (κ3) is 4.02. The molecule has 0 saturated heterocycles. The van der Waals surface area contributed by atoms with Crippen LogP contribution in [0.25, 0.3) is 0 Å². The van der Waals surface area contributed by atoms with E-state index in [1.807, 2.05) is 0 Å². The molecule has 0 unspecified atom stereocenters. The molecule has 2 saturated carbocycles. The maximum Gasteiger partial charge on any atom is 0.312 e. The van der Waals surface area contributed by atoms with E-state index in [-0.39, 0.29) is 11.4 Å². The Kier molecular flexibility index (Phi) is 6.57. The summed E-state index contributed by atoms with van der Waals surface area (Å²) in [5, 5.41) is 0. The van der Waals surface area contributed by atoms with E-state index in [1.54, 1.807) is 7.11 Å². The molecule has 2 fully saturated rings. The highest BCUT2D eigenvalue weighted by atomic mass is 16.5. The Morgan fingerprint density at radius 3 is 2.29 bits per heavy atom. The first kappa shape index (κ1) is 16.8. The highest BCUT2D eigenvalue weighted by Crippen LogP contribution is 2.50. The summed E-state index contributed by atoms with van der Waals surface area (Å²) in [6.45, 7) is 2.28. The summed E-state index contributed by atoms with van der Waals surface area (Å²) >= 11 is 0. The van der Waals surface area contributed by atoms with Crippen LogP contribution in [0.3, 0.4) is 0 Å². The molecule has 0 N–H and O–H groups in total. The molecule has 2 heteroatoms. The normalized spacial score (nSPS) is 29.0. The van der Waals surface area contributed by atoms with Crippen LogP contribution in [-0.4, -0.2) is 13.1 Å². The average molecular weight is 294 g/mol. The molecule has 2 aliphatic carbocycles. The van der Waals surface area contributed by atoms with E-state index in [4.69, 9.17) is 4.74 Å². The first-order chi connectivity index (χ1) is 10.2. The molecule has 0 aliphatic heterocycles. The molecule has 0 radical (unpaired) electrons. The van der Waals surface area contributed by atoms with Gasteiger partial charge in [0.05, 0.1) is 12.5 Å². The number of ether oxygens (including phenoxy) is 1. The SMILES string of the molecule is CCCCCC1CCC(C2(C(=O)OC)CCCCC2)CC1. The second-order valence-corrected chi connectivity index (χ2v) is 7.42. The quantitative estimate of drug-likeness (QED) is 0.478. The third-order valence-electron chi connectivity index (χ3n) is 6.18. The molecule has 2 aliphatic rings. The van der Waals surface area contributed by atoms with Gasteiger partial charge in [-0.2, -0.15) is 0 Å². The van der Waals surface area contributed by atoms with Gasteiger partial charge in [-0.3, -0.25) is 4.79 Å². The molecule has 0 bridgehead atoms. The van der Waals surface area contributed by atoms with Crippen molar-refractivity contribution in [1.29, 1.82) is 0 Å². The molecule has 2 rings (SSSR count). The van der Waals surface area contributed by atoms with E-state index < -0.39 is 0 Å². The van der Waals surface area contributed by atoms with Gasteiger partial charge in [-0.25, -0.2) is 0 Å². The van der Waals surface area contributed by atoms with E-state index in [1.165, 1.54) is 70.6 Å². The summed E-state index contributed by atoms with van der Waals surface area (Å²) in [5.74, 6) is 1.61. The van der Waals surface area contributed by atoms with Crippen molar-refractivity contribution in [2.24, 2.45) is 17.3 Å². The number of carbonyl (C=O) groups excluding carboxylic acids is 1. The molecule has 0 aromatic heterocycles. The third-order valence-corrected chi connectivity index (χ3v) is 6.18. The van der Waals surface area contributed by atoms with E-state index in [0.29, 0.717) is 5.92 Å². The fourth-order valence-electron chi connectivity index (χ4n) is 4.85. The van der Waals surface area contributed by atoms with Gasteiger partial charge in [-0.15, -0.1) is 0 Å². The molecule has 122 valence electrons. The summed E-state index contributed by atoms with van der Waals surface area (Å²) in [6.07, 6.45) is 16.6. The fourth-order valence-corrected chi connectivity index (χ4v) is 4.85. The van der Waals surface area contributed by atoms with Gasteiger partial charge in [0.2, 0.25) is 0 Å². The van der Waals surface area contributed by atoms with E-state index in [2.05, 4.69) is 6.92 Å². The minimum Gasteiger partial charge on any atom is -0.469 e. The summed E-state index contributed by atoms with van der Waals surface area (Å²) in [7, 11) is 1.58. The first-order valence-electron chi connectivity index (χ1n) is 9.31. The first-order valence-corrected chi connectivity index (χ1v) is 9.31. The zero-order chi connectivity index (χ0) is 15.1. The number of carbonyl (C=O) groups is 1.